The molecular weight excluding hydrogens is 394 g/mol. The number of ether oxygens (including phenoxy) is 3. The number of nitrogens with two attached hydrogens (primary N) is 1. The van der Waals surface area contributed by atoms with Crippen LogP contribution in [0.1, 0.15) is 11.1 Å². The van der Waals surface area contributed by atoms with Crippen molar-refractivity contribution in [3.05, 3.63) is 71.9 Å². The molecule has 160 valence electrons. The molecule has 0 atom stereocenters. The first-order valence-electron chi connectivity index (χ1n) is 10.1. The molecule has 0 spiro atoms. The van der Waals surface area contributed by atoms with Crippen molar-refractivity contribution in [2.75, 3.05) is 26.9 Å². The number of para-hydroxylation sites is 1. The van der Waals surface area contributed by atoms with Crippen LogP contribution in [-0.2, 0) is 17.9 Å². The molecule has 1 amide bonds. The van der Waals surface area contributed by atoms with Gasteiger partial charge in [0.25, 0.3) is 5.91 Å². The topological polar surface area (TPSA) is 86.9 Å². The molecule has 7 nitrogen and oxygen atoms in total. The first-order valence-corrected chi connectivity index (χ1v) is 10.1. The fourth-order valence-corrected chi connectivity index (χ4v) is 3.69. The Bertz CT molecular complexity index is 1070. The van der Waals surface area contributed by atoms with Crippen LogP contribution in [0.3, 0.4) is 0 Å². The lowest BCUT2D eigenvalue weighted by Crippen LogP contribution is -2.26. The summed E-state index contributed by atoms with van der Waals surface area (Å²) in [6.07, 6.45) is 1.70. The van der Waals surface area contributed by atoms with E-state index >= 15 is 0 Å². The van der Waals surface area contributed by atoms with Gasteiger partial charge >= 0.3 is 0 Å². The molecule has 0 radical (unpaired) electrons. The van der Waals surface area contributed by atoms with E-state index in [1.807, 2.05) is 48.5 Å². The van der Waals surface area contributed by atoms with Gasteiger partial charge in [0.1, 0.15) is 18.1 Å². The molecule has 0 fully saturated rings. The van der Waals surface area contributed by atoms with Gasteiger partial charge in [0.05, 0.1) is 7.11 Å². The molecule has 0 bridgehead atoms. The number of methoxy groups -OCH3 is 1. The van der Waals surface area contributed by atoms with Gasteiger partial charge in [0.15, 0.2) is 6.61 Å². The van der Waals surface area contributed by atoms with Gasteiger partial charge in [0.2, 0.25) is 5.88 Å². The van der Waals surface area contributed by atoms with Crippen LogP contribution in [-0.4, -0.2) is 42.7 Å². The Morgan fingerprint density at radius 1 is 1.19 bits per heavy atom. The number of aromatic nitrogens is 1. The van der Waals surface area contributed by atoms with Crippen molar-refractivity contribution >= 4 is 5.91 Å². The highest BCUT2D eigenvalue weighted by molar-refractivity contribution is 5.75. The monoisotopic (exact) mass is 419 g/mol. The number of amides is 1. The number of hydrogen-bond donors (Lipinski definition) is 1. The quantitative estimate of drug-likeness (QED) is 0.634. The predicted octanol–water partition coefficient (Wildman–Crippen LogP) is 3.02. The van der Waals surface area contributed by atoms with Gasteiger partial charge in [0, 0.05) is 42.5 Å². The number of carbonyl (C=O) groups excluding carboxylic acids is 1. The van der Waals surface area contributed by atoms with Gasteiger partial charge in [-0.1, -0.05) is 24.3 Å². The van der Waals surface area contributed by atoms with E-state index in [0.717, 1.165) is 41.1 Å². The van der Waals surface area contributed by atoms with Crippen LogP contribution in [0.2, 0.25) is 0 Å². The summed E-state index contributed by atoms with van der Waals surface area (Å²) in [5.41, 5.74) is 9.23. The van der Waals surface area contributed by atoms with Crippen LogP contribution in [0.15, 0.2) is 60.8 Å². The Kier molecular flexibility index (Phi) is 6.33. The minimum atomic E-state index is -0.513. The van der Waals surface area contributed by atoms with E-state index < -0.39 is 5.91 Å². The molecule has 31 heavy (non-hydrogen) atoms. The van der Waals surface area contributed by atoms with E-state index in [1.165, 1.54) is 0 Å². The van der Waals surface area contributed by atoms with E-state index in [9.17, 15) is 4.79 Å². The molecular formula is C24H25N3O4. The molecule has 2 heterocycles. The van der Waals surface area contributed by atoms with E-state index in [1.54, 1.807) is 13.3 Å². The van der Waals surface area contributed by atoms with Crippen LogP contribution in [0, 0.1) is 0 Å². The molecule has 2 N–H and O–H groups in total. The molecule has 1 aliphatic heterocycles. The van der Waals surface area contributed by atoms with Crippen molar-refractivity contribution in [3.8, 4) is 28.5 Å². The third kappa shape index (κ3) is 4.95. The third-order valence-electron chi connectivity index (χ3n) is 5.13. The van der Waals surface area contributed by atoms with Crippen molar-refractivity contribution < 1.29 is 19.0 Å². The Labute approximate surface area is 181 Å². The van der Waals surface area contributed by atoms with Crippen LogP contribution in [0.4, 0.5) is 0 Å². The lowest BCUT2D eigenvalue weighted by atomic mass is 10.0. The highest BCUT2D eigenvalue weighted by Crippen LogP contribution is 2.33. The smallest absolute Gasteiger partial charge is 0.255 e. The summed E-state index contributed by atoms with van der Waals surface area (Å²) in [5.74, 6) is 1.59. The second-order valence-electron chi connectivity index (χ2n) is 7.30. The summed E-state index contributed by atoms with van der Waals surface area (Å²) < 4.78 is 17.0. The van der Waals surface area contributed by atoms with Crippen LogP contribution < -0.4 is 19.9 Å². The summed E-state index contributed by atoms with van der Waals surface area (Å²) in [4.78, 5) is 17.9. The Morgan fingerprint density at radius 3 is 2.90 bits per heavy atom. The molecule has 0 aliphatic carbocycles. The van der Waals surface area contributed by atoms with Gasteiger partial charge < -0.3 is 19.9 Å². The number of pyridine rings is 1. The Hall–Kier alpha value is -3.58. The van der Waals surface area contributed by atoms with E-state index in [0.29, 0.717) is 24.8 Å². The SMILES string of the molecule is COc1ncccc1-c1ccc(OCC(N)=O)c(CN2CCOc3ccccc3C2)c1. The Morgan fingerprint density at radius 2 is 2.06 bits per heavy atom. The predicted molar refractivity (Wildman–Crippen MR) is 117 cm³/mol. The fraction of sp³-hybridized carbons (Fsp3) is 0.250. The maximum absolute atomic E-state index is 11.3. The number of rotatable bonds is 7. The minimum absolute atomic E-state index is 0.172. The second-order valence-corrected chi connectivity index (χ2v) is 7.30. The molecule has 1 aliphatic rings. The van der Waals surface area contributed by atoms with Crippen molar-refractivity contribution in [1.82, 2.24) is 9.88 Å². The Balaban J connectivity index is 1.65. The zero-order valence-electron chi connectivity index (χ0n) is 17.4. The van der Waals surface area contributed by atoms with Gasteiger partial charge in [-0.3, -0.25) is 9.69 Å². The number of primary amides is 1. The second kappa shape index (κ2) is 9.49. The summed E-state index contributed by atoms with van der Waals surface area (Å²) in [5, 5.41) is 0. The number of benzene rings is 2. The van der Waals surface area contributed by atoms with Crippen LogP contribution in [0.25, 0.3) is 11.1 Å². The zero-order valence-corrected chi connectivity index (χ0v) is 17.4. The average Bonchev–Trinajstić information content (AvgIpc) is 2.99. The van der Waals surface area contributed by atoms with Crippen molar-refractivity contribution in [3.63, 3.8) is 0 Å². The van der Waals surface area contributed by atoms with Crippen LogP contribution in [0.5, 0.6) is 17.4 Å². The fourth-order valence-electron chi connectivity index (χ4n) is 3.69. The zero-order chi connectivity index (χ0) is 21.6. The molecule has 4 rings (SSSR count). The number of carbonyl (C=O) groups is 1. The molecule has 0 saturated carbocycles. The highest BCUT2D eigenvalue weighted by Gasteiger charge is 2.18. The van der Waals surface area contributed by atoms with E-state index in [4.69, 9.17) is 19.9 Å². The minimum Gasteiger partial charge on any atom is -0.492 e. The standard InChI is InChI=1S/C24H25N3O4/c1-29-24-20(6-4-10-26-24)17-8-9-22(31-16-23(25)28)19(13-17)15-27-11-12-30-21-7-3-2-5-18(21)14-27/h2-10,13H,11-12,14-16H2,1H3,(H2,25,28). The molecule has 0 unspecified atom stereocenters. The van der Waals surface area contributed by atoms with Crippen molar-refractivity contribution in [1.29, 1.82) is 0 Å². The highest BCUT2D eigenvalue weighted by atomic mass is 16.5. The summed E-state index contributed by atoms with van der Waals surface area (Å²) in [6, 6.07) is 17.8. The molecule has 1 aromatic heterocycles. The largest absolute Gasteiger partial charge is 0.492 e. The van der Waals surface area contributed by atoms with Crippen molar-refractivity contribution in [2.45, 2.75) is 13.1 Å². The third-order valence-corrected chi connectivity index (χ3v) is 5.13. The molecule has 2 aromatic carbocycles. The van der Waals surface area contributed by atoms with Gasteiger partial charge in [-0.15, -0.1) is 0 Å². The van der Waals surface area contributed by atoms with Crippen molar-refractivity contribution in [2.24, 2.45) is 5.73 Å². The van der Waals surface area contributed by atoms with Crippen LogP contribution >= 0.6 is 0 Å². The summed E-state index contributed by atoms with van der Waals surface area (Å²) in [6.45, 7) is 2.58. The van der Waals surface area contributed by atoms with E-state index in [-0.39, 0.29) is 6.61 Å². The van der Waals surface area contributed by atoms with E-state index in [2.05, 4.69) is 16.0 Å². The summed E-state index contributed by atoms with van der Waals surface area (Å²) in [7, 11) is 1.60. The molecule has 7 heteroatoms. The maximum atomic E-state index is 11.3. The maximum Gasteiger partial charge on any atom is 0.255 e. The number of fused-ring (bicyclic) bond motifs is 1. The summed E-state index contributed by atoms with van der Waals surface area (Å²) >= 11 is 0. The molecule has 0 saturated heterocycles. The van der Waals surface area contributed by atoms with Gasteiger partial charge in [-0.05, 0) is 35.9 Å². The number of nitrogens with zero attached hydrogens (tertiary/aromatic N) is 2. The normalized spacial score (nSPS) is 13.6. The first-order chi connectivity index (χ1) is 15.1. The van der Waals surface area contributed by atoms with Gasteiger partial charge in [-0.2, -0.15) is 0 Å². The number of hydrogen-bond acceptors (Lipinski definition) is 6. The van der Waals surface area contributed by atoms with Gasteiger partial charge in [-0.25, -0.2) is 4.98 Å². The lowest BCUT2D eigenvalue weighted by Gasteiger charge is -2.22. The average molecular weight is 419 g/mol. The lowest BCUT2D eigenvalue weighted by molar-refractivity contribution is -0.119. The first kappa shape index (κ1) is 20.7. The molecule has 3 aromatic rings.